The van der Waals surface area contributed by atoms with Gasteiger partial charge in [-0.15, -0.1) is 0 Å². The summed E-state index contributed by atoms with van der Waals surface area (Å²) in [6.45, 7) is 8.15. The van der Waals surface area contributed by atoms with Crippen LogP contribution < -0.4 is 0 Å². The van der Waals surface area contributed by atoms with Crippen molar-refractivity contribution in [1.82, 2.24) is 4.90 Å². The van der Waals surface area contributed by atoms with Gasteiger partial charge in [-0.25, -0.2) is 0 Å². The fourth-order valence-electron chi connectivity index (χ4n) is 1.48. The van der Waals surface area contributed by atoms with Gasteiger partial charge in [-0.3, -0.25) is 4.90 Å². The van der Waals surface area contributed by atoms with E-state index in [2.05, 4.69) is 4.90 Å². The molecule has 0 radical (unpaired) electrons. The second kappa shape index (κ2) is 10.4. The van der Waals surface area contributed by atoms with Crippen LogP contribution in [0, 0.1) is 0 Å². The zero-order valence-corrected chi connectivity index (χ0v) is 11.0. The van der Waals surface area contributed by atoms with E-state index in [1.165, 1.54) is 0 Å². The summed E-state index contributed by atoms with van der Waals surface area (Å²) in [6, 6.07) is 0.631. The van der Waals surface area contributed by atoms with Crippen LogP contribution in [0.3, 0.4) is 0 Å². The Labute approximate surface area is 107 Å². The second-order valence-corrected chi connectivity index (χ2v) is 4.20. The number of nitrogens with zero attached hydrogens (tertiary/aromatic N) is 1. The molecule has 0 amide bonds. The summed E-state index contributed by atoms with van der Waals surface area (Å²) >= 11 is 0. The first-order valence-corrected chi connectivity index (χ1v) is 5.12. The highest BCUT2D eigenvalue weighted by Gasteiger charge is 2.22. The number of aliphatic hydroxyl groups excluding tert-OH is 3. The Morgan fingerprint density at radius 1 is 0.938 bits per heavy atom. The molecule has 0 heterocycles. The molecule has 0 aromatic heterocycles. The molecule has 102 valence electrons. The monoisotopic (exact) mass is 255 g/mol. The van der Waals surface area contributed by atoms with Gasteiger partial charge in [0.1, 0.15) is 6.10 Å². The molecule has 0 aliphatic rings. The third kappa shape index (κ3) is 7.46. The van der Waals surface area contributed by atoms with Crippen molar-refractivity contribution in [2.45, 2.75) is 59.4 Å². The molecule has 0 rings (SSSR count). The van der Waals surface area contributed by atoms with Gasteiger partial charge in [-0.1, -0.05) is 7.43 Å². The van der Waals surface area contributed by atoms with Gasteiger partial charge in [-0.05, 0) is 27.7 Å². The quantitative estimate of drug-likeness (QED) is 0.649. The minimum absolute atomic E-state index is 0. The van der Waals surface area contributed by atoms with E-state index in [-0.39, 0.29) is 20.9 Å². The van der Waals surface area contributed by atoms with E-state index in [9.17, 15) is 10.2 Å². The number of rotatable bonds is 6. The molecule has 0 aliphatic carbocycles. The van der Waals surface area contributed by atoms with Crippen molar-refractivity contribution < 1.29 is 15.3 Å². The maximum absolute atomic E-state index is 9.53. The van der Waals surface area contributed by atoms with Gasteiger partial charge in [0.15, 0.2) is 0 Å². The summed E-state index contributed by atoms with van der Waals surface area (Å²) in [5, 5.41) is 27.4. The highest BCUT2D eigenvalue weighted by molar-refractivity contribution is 7.59. The smallest absolute Gasteiger partial charge is 0.104 e. The molecule has 0 fully saturated rings. The van der Waals surface area contributed by atoms with E-state index in [0.29, 0.717) is 18.6 Å². The highest BCUT2D eigenvalue weighted by Crippen LogP contribution is 2.07. The van der Waals surface area contributed by atoms with Gasteiger partial charge in [-0.2, -0.15) is 13.5 Å². The van der Waals surface area contributed by atoms with Crippen LogP contribution in [0.15, 0.2) is 0 Å². The topological polar surface area (TPSA) is 63.9 Å². The van der Waals surface area contributed by atoms with Crippen LogP contribution in [0.1, 0.15) is 35.1 Å². The molecule has 3 N–H and O–H groups in total. The molecule has 5 heteroatoms. The van der Waals surface area contributed by atoms with E-state index in [4.69, 9.17) is 5.11 Å². The van der Waals surface area contributed by atoms with Crippen LogP contribution in [-0.4, -0.2) is 57.7 Å². The standard InChI is InChI=1S/C10H23NO3.CH4.H2S/c1-7(2)11(8(3)4)5-9(13)10(14)6-12;;/h7-10,12-14H,5-6H2,1-4H3;1H4;1H2/t9-,10+;;/m1../s1. The number of hydrogen-bond acceptors (Lipinski definition) is 4. The van der Waals surface area contributed by atoms with E-state index < -0.39 is 18.8 Å². The Bertz CT molecular complexity index is 148. The van der Waals surface area contributed by atoms with E-state index >= 15 is 0 Å². The van der Waals surface area contributed by atoms with Crippen molar-refractivity contribution in [3.8, 4) is 0 Å². The van der Waals surface area contributed by atoms with Crippen LogP contribution in [0.4, 0.5) is 0 Å². The van der Waals surface area contributed by atoms with Gasteiger partial charge >= 0.3 is 0 Å². The lowest BCUT2D eigenvalue weighted by atomic mass is 10.1. The highest BCUT2D eigenvalue weighted by atomic mass is 32.1. The van der Waals surface area contributed by atoms with E-state index in [1.807, 2.05) is 27.7 Å². The Morgan fingerprint density at radius 3 is 1.56 bits per heavy atom. The molecule has 0 saturated carbocycles. The Hall–Kier alpha value is 0.190. The maximum Gasteiger partial charge on any atom is 0.104 e. The zero-order valence-electron chi connectivity index (χ0n) is 10.0. The van der Waals surface area contributed by atoms with Crippen LogP contribution in [0.25, 0.3) is 0 Å². The van der Waals surface area contributed by atoms with Crippen molar-refractivity contribution in [1.29, 1.82) is 0 Å². The molecule has 0 aromatic carbocycles. The summed E-state index contributed by atoms with van der Waals surface area (Å²) in [5.74, 6) is 0. The zero-order chi connectivity index (χ0) is 11.3. The number of hydrogen-bond donors (Lipinski definition) is 3. The average molecular weight is 255 g/mol. The van der Waals surface area contributed by atoms with Crippen molar-refractivity contribution in [2.75, 3.05) is 13.2 Å². The van der Waals surface area contributed by atoms with Crippen LogP contribution in [0.2, 0.25) is 0 Å². The van der Waals surface area contributed by atoms with Crippen molar-refractivity contribution in [2.24, 2.45) is 0 Å². The molecule has 2 atom stereocenters. The SMILES string of the molecule is C.CC(C)N(C[C@@H](O)[C@@H](O)CO)C(C)C.S. The second-order valence-electron chi connectivity index (χ2n) is 4.20. The van der Waals surface area contributed by atoms with Gasteiger partial charge in [0.05, 0.1) is 12.7 Å². The summed E-state index contributed by atoms with van der Waals surface area (Å²) in [4.78, 5) is 2.07. The summed E-state index contributed by atoms with van der Waals surface area (Å²) < 4.78 is 0. The minimum atomic E-state index is -1.05. The molecule has 0 saturated heterocycles. The van der Waals surface area contributed by atoms with Crippen molar-refractivity contribution in [3.63, 3.8) is 0 Å². The predicted molar refractivity (Wildman–Crippen MR) is 73.2 cm³/mol. The third-order valence-corrected chi connectivity index (χ3v) is 2.36. The minimum Gasteiger partial charge on any atom is -0.394 e. The summed E-state index contributed by atoms with van der Waals surface area (Å²) in [6.07, 6.45) is -1.93. The molecule has 0 unspecified atom stereocenters. The normalized spacial score (nSPS) is 14.6. The largest absolute Gasteiger partial charge is 0.394 e. The summed E-state index contributed by atoms with van der Waals surface area (Å²) in [7, 11) is 0. The molecule has 4 nitrogen and oxygen atoms in total. The van der Waals surface area contributed by atoms with Gasteiger partial charge in [0, 0.05) is 18.6 Å². The van der Waals surface area contributed by atoms with Crippen molar-refractivity contribution in [3.05, 3.63) is 0 Å². The molecular weight excluding hydrogens is 226 g/mol. The van der Waals surface area contributed by atoms with Crippen molar-refractivity contribution >= 4 is 13.5 Å². The van der Waals surface area contributed by atoms with Gasteiger partial charge < -0.3 is 15.3 Å². The Morgan fingerprint density at radius 2 is 1.31 bits per heavy atom. The first-order valence-electron chi connectivity index (χ1n) is 5.12. The van der Waals surface area contributed by atoms with Gasteiger partial charge in [0.2, 0.25) is 0 Å². The molecule has 0 spiro atoms. The molecule has 16 heavy (non-hydrogen) atoms. The first-order chi connectivity index (χ1) is 6.40. The fourth-order valence-corrected chi connectivity index (χ4v) is 1.48. The number of aliphatic hydroxyl groups is 3. The summed E-state index contributed by atoms with van der Waals surface area (Å²) in [5.41, 5.74) is 0. The molecular formula is C11H29NO3S. The van der Waals surface area contributed by atoms with E-state index in [0.717, 1.165) is 0 Å². The predicted octanol–water partition coefficient (Wildman–Crippen LogP) is 0.568. The van der Waals surface area contributed by atoms with Crippen LogP contribution in [-0.2, 0) is 0 Å². The molecule has 0 aliphatic heterocycles. The molecule has 0 aromatic rings. The lowest BCUT2D eigenvalue weighted by Gasteiger charge is -2.33. The lowest BCUT2D eigenvalue weighted by molar-refractivity contribution is -0.0381. The molecule has 0 bridgehead atoms. The van der Waals surface area contributed by atoms with Gasteiger partial charge in [0.25, 0.3) is 0 Å². The van der Waals surface area contributed by atoms with Crippen LogP contribution in [0.5, 0.6) is 0 Å². The third-order valence-electron chi connectivity index (χ3n) is 2.36. The Kier molecular flexibility index (Phi) is 13.9. The fraction of sp³-hybridized carbons (Fsp3) is 1.00. The van der Waals surface area contributed by atoms with E-state index in [1.54, 1.807) is 0 Å². The Balaban J connectivity index is -0.000000845. The lowest BCUT2D eigenvalue weighted by Crippen LogP contribution is -2.46. The first kappa shape index (κ1) is 21.5. The van der Waals surface area contributed by atoms with Crippen LogP contribution >= 0.6 is 13.5 Å². The average Bonchev–Trinajstić information content (AvgIpc) is 2.11. The maximum atomic E-state index is 9.53.